The van der Waals surface area contributed by atoms with Crippen LogP contribution in [0.1, 0.15) is 0 Å². The zero-order valence-corrected chi connectivity index (χ0v) is 29.4. The fourth-order valence-corrected chi connectivity index (χ4v) is 7.63. The van der Waals surface area contributed by atoms with Crippen LogP contribution in [-0.2, 0) is 0 Å². The zero-order chi connectivity index (χ0) is 35.8. The van der Waals surface area contributed by atoms with Gasteiger partial charge in [-0.3, -0.25) is 4.98 Å². The molecule has 0 N–H and O–H groups in total. The van der Waals surface area contributed by atoms with Crippen molar-refractivity contribution < 1.29 is 0 Å². The topological polar surface area (TPSA) is 38.7 Å². The Morgan fingerprint density at radius 3 is 1.39 bits per heavy atom. The van der Waals surface area contributed by atoms with Crippen molar-refractivity contribution in [1.29, 1.82) is 0 Å². The number of aromatic nitrogens is 3. The van der Waals surface area contributed by atoms with E-state index in [2.05, 4.69) is 181 Å². The van der Waals surface area contributed by atoms with E-state index in [1.54, 1.807) is 6.20 Å². The molecule has 54 heavy (non-hydrogen) atoms. The van der Waals surface area contributed by atoms with Gasteiger partial charge in [-0.15, -0.1) is 0 Å². The fraction of sp³-hybridized carbons (Fsp3) is 0. The summed E-state index contributed by atoms with van der Waals surface area (Å²) in [5, 5.41) is 7.65. The maximum absolute atomic E-state index is 5.19. The van der Waals surface area contributed by atoms with Gasteiger partial charge in [0.15, 0.2) is 5.82 Å². The van der Waals surface area contributed by atoms with Crippen LogP contribution in [0.25, 0.3) is 99.6 Å². The van der Waals surface area contributed by atoms with Crippen LogP contribution in [0.3, 0.4) is 0 Å². The van der Waals surface area contributed by atoms with Gasteiger partial charge in [-0.2, -0.15) is 0 Å². The molecule has 3 heteroatoms. The molecule has 2 aromatic heterocycles. The maximum atomic E-state index is 5.19. The molecular formula is C51H33N3. The molecule has 0 radical (unpaired) electrons. The third-order valence-electron chi connectivity index (χ3n) is 10.4. The molecule has 3 nitrogen and oxygen atoms in total. The van der Waals surface area contributed by atoms with E-state index in [-0.39, 0.29) is 0 Å². The van der Waals surface area contributed by atoms with Gasteiger partial charge in [-0.25, -0.2) is 9.97 Å². The van der Waals surface area contributed by atoms with Gasteiger partial charge in [-0.1, -0.05) is 164 Å². The fourth-order valence-electron chi connectivity index (χ4n) is 7.63. The van der Waals surface area contributed by atoms with Crippen LogP contribution in [0.15, 0.2) is 200 Å². The van der Waals surface area contributed by atoms with E-state index in [0.717, 1.165) is 50.3 Å². The smallest absolute Gasteiger partial charge is 0.160 e. The normalized spacial score (nSPS) is 11.3. The van der Waals surface area contributed by atoms with E-state index >= 15 is 0 Å². The van der Waals surface area contributed by atoms with Crippen LogP contribution in [0.2, 0.25) is 0 Å². The molecule has 10 rings (SSSR count). The van der Waals surface area contributed by atoms with Gasteiger partial charge in [0.1, 0.15) is 0 Å². The quantitative estimate of drug-likeness (QED) is 0.163. The van der Waals surface area contributed by atoms with Crippen molar-refractivity contribution in [3.63, 3.8) is 0 Å². The first-order chi connectivity index (χ1) is 26.7. The summed E-state index contributed by atoms with van der Waals surface area (Å²) in [5.74, 6) is 0.687. The number of benzene rings is 8. The van der Waals surface area contributed by atoms with E-state index in [4.69, 9.17) is 9.97 Å². The summed E-state index contributed by atoms with van der Waals surface area (Å²) in [4.78, 5) is 14.7. The predicted octanol–water partition coefficient (Wildman–Crippen LogP) is 13.3. The molecule has 0 bridgehead atoms. The van der Waals surface area contributed by atoms with Crippen molar-refractivity contribution in [2.24, 2.45) is 0 Å². The molecule has 0 aliphatic rings. The first-order valence-corrected chi connectivity index (χ1v) is 18.2. The summed E-state index contributed by atoms with van der Waals surface area (Å²) in [5.41, 5.74) is 11.6. The maximum Gasteiger partial charge on any atom is 0.160 e. The number of fused-ring (bicyclic) bond motifs is 6. The van der Waals surface area contributed by atoms with Crippen LogP contribution in [-0.4, -0.2) is 15.0 Å². The molecular weight excluding hydrogens is 655 g/mol. The molecule has 0 aliphatic carbocycles. The molecule has 0 aliphatic heterocycles. The monoisotopic (exact) mass is 687 g/mol. The standard InChI is InChI=1S/C51H33N3/c1-2-10-34(11-3-1)39-12-8-13-41(30-39)50-32-49(37-23-19-36(20-24-37)42-14-9-29-52-33-42)53-51(54-50)38-25-21-35(22-26-38)40-27-28-47-45-17-5-4-15-43(45)44-16-6-7-18-46(44)48(47)31-40/h1-33H. The summed E-state index contributed by atoms with van der Waals surface area (Å²) in [6.45, 7) is 0. The Morgan fingerprint density at radius 1 is 0.259 bits per heavy atom. The molecule has 0 saturated carbocycles. The highest BCUT2D eigenvalue weighted by Crippen LogP contribution is 2.38. The second-order valence-electron chi connectivity index (χ2n) is 13.7. The highest BCUT2D eigenvalue weighted by atomic mass is 14.9. The van der Waals surface area contributed by atoms with Gasteiger partial charge >= 0.3 is 0 Å². The third-order valence-corrected chi connectivity index (χ3v) is 10.4. The summed E-state index contributed by atoms with van der Waals surface area (Å²) < 4.78 is 0. The number of hydrogen-bond donors (Lipinski definition) is 0. The SMILES string of the molecule is c1ccc(-c2cccc(-c3cc(-c4ccc(-c5cccnc5)cc4)nc(-c4ccc(-c5ccc6c7ccccc7c7ccccc7c6c5)cc4)n3)c2)cc1. The van der Waals surface area contributed by atoms with E-state index in [1.165, 1.54) is 43.4 Å². The Balaban J connectivity index is 1.06. The molecule has 0 atom stereocenters. The Hall–Kier alpha value is -7.23. The van der Waals surface area contributed by atoms with Gasteiger partial charge in [0.2, 0.25) is 0 Å². The number of nitrogens with zero attached hydrogens (tertiary/aromatic N) is 3. The molecule has 252 valence electrons. The lowest BCUT2D eigenvalue weighted by Crippen LogP contribution is -1.96. The average molecular weight is 688 g/mol. The highest BCUT2D eigenvalue weighted by molar-refractivity contribution is 6.25. The Kier molecular flexibility index (Phi) is 7.81. The van der Waals surface area contributed by atoms with Crippen molar-refractivity contribution in [2.45, 2.75) is 0 Å². The summed E-state index contributed by atoms with van der Waals surface area (Å²) >= 11 is 0. The first-order valence-electron chi connectivity index (χ1n) is 18.2. The zero-order valence-electron chi connectivity index (χ0n) is 29.4. The molecule has 0 spiro atoms. The molecule has 0 fully saturated rings. The lowest BCUT2D eigenvalue weighted by Gasteiger charge is -2.13. The minimum atomic E-state index is 0.687. The summed E-state index contributed by atoms with van der Waals surface area (Å²) in [6.07, 6.45) is 3.69. The molecule has 8 aromatic carbocycles. The molecule has 0 amide bonds. The molecule has 2 heterocycles. The van der Waals surface area contributed by atoms with E-state index in [1.807, 2.05) is 18.3 Å². The predicted molar refractivity (Wildman–Crippen MR) is 225 cm³/mol. The van der Waals surface area contributed by atoms with Gasteiger partial charge < -0.3 is 0 Å². The van der Waals surface area contributed by atoms with Crippen LogP contribution < -0.4 is 0 Å². The summed E-state index contributed by atoms with van der Waals surface area (Å²) in [6, 6.07) is 66.7. The lowest BCUT2D eigenvalue weighted by molar-refractivity contribution is 1.18. The van der Waals surface area contributed by atoms with Crippen LogP contribution >= 0.6 is 0 Å². The minimum Gasteiger partial charge on any atom is -0.264 e. The molecule has 0 unspecified atom stereocenters. The van der Waals surface area contributed by atoms with Crippen molar-refractivity contribution in [3.05, 3.63) is 200 Å². The molecule has 10 aromatic rings. The Labute approximate surface area is 313 Å². The van der Waals surface area contributed by atoms with E-state index in [9.17, 15) is 0 Å². The van der Waals surface area contributed by atoms with Crippen molar-refractivity contribution in [3.8, 4) is 67.3 Å². The van der Waals surface area contributed by atoms with E-state index in [0.29, 0.717) is 5.82 Å². The van der Waals surface area contributed by atoms with Crippen LogP contribution in [0, 0.1) is 0 Å². The highest BCUT2D eigenvalue weighted by Gasteiger charge is 2.14. The van der Waals surface area contributed by atoms with Crippen molar-refractivity contribution in [1.82, 2.24) is 15.0 Å². The second kappa shape index (κ2) is 13.4. The number of rotatable bonds is 6. The van der Waals surface area contributed by atoms with Crippen molar-refractivity contribution in [2.75, 3.05) is 0 Å². The van der Waals surface area contributed by atoms with Gasteiger partial charge in [0.05, 0.1) is 11.4 Å². The number of pyridine rings is 1. The largest absolute Gasteiger partial charge is 0.264 e. The van der Waals surface area contributed by atoms with Gasteiger partial charge in [0.25, 0.3) is 0 Å². The van der Waals surface area contributed by atoms with E-state index < -0.39 is 0 Å². The lowest BCUT2D eigenvalue weighted by atomic mass is 9.92. The second-order valence-corrected chi connectivity index (χ2v) is 13.7. The molecule has 0 saturated heterocycles. The van der Waals surface area contributed by atoms with Gasteiger partial charge in [0, 0.05) is 29.1 Å². The third kappa shape index (κ3) is 5.78. The van der Waals surface area contributed by atoms with Gasteiger partial charge in [-0.05, 0) is 90.0 Å². The first kappa shape index (κ1) is 31.5. The Morgan fingerprint density at radius 2 is 0.722 bits per heavy atom. The van der Waals surface area contributed by atoms with Crippen molar-refractivity contribution >= 4 is 32.3 Å². The van der Waals surface area contributed by atoms with Crippen LogP contribution in [0.5, 0.6) is 0 Å². The number of hydrogen-bond acceptors (Lipinski definition) is 3. The minimum absolute atomic E-state index is 0.687. The van der Waals surface area contributed by atoms with Crippen LogP contribution in [0.4, 0.5) is 0 Å². The summed E-state index contributed by atoms with van der Waals surface area (Å²) in [7, 11) is 0. The average Bonchev–Trinajstić information content (AvgIpc) is 3.27. The Bertz CT molecular complexity index is 2920.